The monoisotopic (exact) mass is 268 g/mol. The molecule has 0 saturated carbocycles. The summed E-state index contributed by atoms with van der Waals surface area (Å²) in [6, 6.07) is 5.56. The molecule has 90 valence electrons. The standard InChI is InChI=1S/C12H13ClN2OS/c1-3-10-15-11(12(14)17-10)7-4-5-9(16-2)8(13)6-7/h4-6H,3,14H2,1-2H3. The van der Waals surface area contributed by atoms with Crippen LogP contribution in [0.1, 0.15) is 11.9 Å². The van der Waals surface area contributed by atoms with Gasteiger partial charge in [-0.1, -0.05) is 18.5 Å². The van der Waals surface area contributed by atoms with E-state index in [1.54, 1.807) is 7.11 Å². The summed E-state index contributed by atoms with van der Waals surface area (Å²) in [4.78, 5) is 4.49. The van der Waals surface area contributed by atoms with Gasteiger partial charge in [-0.15, -0.1) is 11.3 Å². The number of halogens is 1. The Morgan fingerprint density at radius 2 is 2.24 bits per heavy atom. The van der Waals surface area contributed by atoms with Crippen LogP contribution < -0.4 is 10.5 Å². The van der Waals surface area contributed by atoms with Crippen molar-refractivity contribution in [1.29, 1.82) is 0 Å². The molecule has 2 aromatic rings. The number of nitrogens with two attached hydrogens (primary N) is 1. The molecule has 0 fully saturated rings. The predicted octanol–water partition coefficient (Wildman–Crippen LogP) is 3.62. The first-order chi connectivity index (χ1) is 8.15. The number of anilines is 1. The zero-order valence-corrected chi connectivity index (χ0v) is 11.2. The van der Waals surface area contributed by atoms with E-state index in [9.17, 15) is 0 Å². The lowest BCUT2D eigenvalue weighted by Crippen LogP contribution is -1.88. The van der Waals surface area contributed by atoms with Crippen molar-refractivity contribution in [2.24, 2.45) is 0 Å². The number of rotatable bonds is 3. The number of benzene rings is 1. The average Bonchev–Trinajstić information content (AvgIpc) is 2.70. The quantitative estimate of drug-likeness (QED) is 0.925. The van der Waals surface area contributed by atoms with Gasteiger partial charge in [-0.25, -0.2) is 4.98 Å². The molecule has 1 aromatic heterocycles. The molecule has 5 heteroatoms. The van der Waals surface area contributed by atoms with E-state index in [1.807, 2.05) is 18.2 Å². The van der Waals surface area contributed by atoms with E-state index in [4.69, 9.17) is 22.1 Å². The first-order valence-electron chi connectivity index (χ1n) is 5.24. The van der Waals surface area contributed by atoms with Crippen LogP contribution in [0.25, 0.3) is 11.3 Å². The van der Waals surface area contributed by atoms with E-state index >= 15 is 0 Å². The molecule has 1 aromatic carbocycles. The van der Waals surface area contributed by atoms with Crippen LogP contribution in [0.2, 0.25) is 5.02 Å². The first-order valence-corrected chi connectivity index (χ1v) is 6.44. The zero-order valence-electron chi connectivity index (χ0n) is 9.66. The van der Waals surface area contributed by atoms with Crippen molar-refractivity contribution in [2.45, 2.75) is 13.3 Å². The largest absolute Gasteiger partial charge is 0.495 e. The lowest BCUT2D eigenvalue weighted by molar-refractivity contribution is 0.415. The highest BCUT2D eigenvalue weighted by Gasteiger charge is 2.11. The van der Waals surface area contributed by atoms with Crippen LogP contribution in [0.15, 0.2) is 18.2 Å². The summed E-state index contributed by atoms with van der Waals surface area (Å²) in [6.07, 6.45) is 0.888. The average molecular weight is 269 g/mol. The topological polar surface area (TPSA) is 48.1 Å². The lowest BCUT2D eigenvalue weighted by Gasteiger charge is -2.04. The second-order valence-corrected chi connectivity index (χ2v) is 5.05. The second-order valence-electron chi connectivity index (χ2n) is 3.52. The smallest absolute Gasteiger partial charge is 0.137 e. The van der Waals surface area contributed by atoms with Crippen molar-refractivity contribution in [3.63, 3.8) is 0 Å². The summed E-state index contributed by atoms with van der Waals surface area (Å²) in [5.41, 5.74) is 7.67. The van der Waals surface area contributed by atoms with Gasteiger partial charge >= 0.3 is 0 Å². The number of methoxy groups -OCH3 is 1. The fourth-order valence-electron chi connectivity index (χ4n) is 1.55. The first kappa shape index (κ1) is 12.2. The Hall–Kier alpha value is -1.26. The van der Waals surface area contributed by atoms with Crippen molar-refractivity contribution >= 4 is 27.9 Å². The molecule has 0 radical (unpaired) electrons. The van der Waals surface area contributed by atoms with E-state index in [1.165, 1.54) is 11.3 Å². The normalized spacial score (nSPS) is 10.5. The van der Waals surface area contributed by atoms with Gasteiger partial charge in [0.2, 0.25) is 0 Å². The molecule has 0 aliphatic heterocycles. The van der Waals surface area contributed by atoms with E-state index in [2.05, 4.69) is 11.9 Å². The molecule has 0 atom stereocenters. The Balaban J connectivity index is 2.45. The molecule has 2 N–H and O–H groups in total. The van der Waals surface area contributed by atoms with E-state index in [0.29, 0.717) is 10.8 Å². The third kappa shape index (κ3) is 2.37. The predicted molar refractivity (Wildman–Crippen MR) is 72.9 cm³/mol. The minimum atomic E-state index is 0.565. The fraction of sp³-hybridized carbons (Fsp3) is 0.250. The number of nitrogens with zero attached hydrogens (tertiary/aromatic N) is 1. The highest BCUT2D eigenvalue weighted by atomic mass is 35.5. The maximum atomic E-state index is 6.08. The number of hydrogen-bond acceptors (Lipinski definition) is 4. The highest BCUT2D eigenvalue weighted by molar-refractivity contribution is 7.16. The van der Waals surface area contributed by atoms with Crippen molar-refractivity contribution in [1.82, 2.24) is 4.98 Å². The molecular weight excluding hydrogens is 256 g/mol. The van der Waals surface area contributed by atoms with E-state index in [-0.39, 0.29) is 0 Å². The second kappa shape index (κ2) is 4.94. The Morgan fingerprint density at radius 3 is 2.76 bits per heavy atom. The van der Waals surface area contributed by atoms with Gasteiger partial charge in [0, 0.05) is 5.56 Å². The number of thiazole rings is 1. The minimum absolute atomic E-state index is 0.565. The summed E-state index contributed by atoms with van der Waals surface area (Å²) >= 11 is 7.60. The van der Waals surface area contributed by atoms with Crippen molar-refractivity contribution in [3.05, 3.63) is 28.2 Å². The Labute approximate surface area is 109 Å². The highest BCUT2D eigenvalue weighted by Crippen LogP contribution is 2.34. The number of aryl methyl sites for hydroxylation is 1. The molecule has 0 aliphatic carbocycles. The molecule has 0 saturated heterocycles. The molecule has 0 amide bonds. The van der Waals surface area contributed by atoms with E-state index < -0.39 is 0 Å². The van der Waals surface area contributed by atoms with Gasteiger partial charge in [-0.05, 0) is 24.6 Å². The van der Waals surface area contributed by atoms with Gasteiger partial charge in [0.05, 0.1) is 17.1 Å². The number of nitrogen functional groups attached to an aromatic ring is 1. The molecule has 17 heavy (non-hydrogen) atoms. The molecular formula is C12H13ClN2OS. The molecule has 0 unspecified atom stereocenters. The van der Waals surface area contributed by atoms with Crippen molar-refractivity contribution < 1.29 is 4.74 Å². The molecule has 1 heterocycles. The summed E-state index contributed by atoms with van der Waals surface area (Å²) in [6.45, 7) is 2.06. The molecule has 2 rings (SSSR count). The molecule has 0 bridgehead atoms. The van der Waals surface area contributed by atoms with E-state index in [0.717, 1.165) is 27.7 Å². The van der Waals surface area contributed by atoms with Crippen molar-refractivity contribution in [2.75, 3.05) is 12.8 Å². The van der Waals surface area contributed by atoms with Crippen LogP contribution in [-0.4, -0.2) is 12.1 Å². The van der Waals surface area contributed by atoms with Crippen LogP contribution in [-0.2, 0) is 6.42 Å². The third-order valence-corrected chi connectivity index (χ3v) is 3.75. The molecule has 0 spiro atoms. The van der Waals surface area contributed by atoms with Crippen LogP contribution in [0.5, 0.6) is 5.75 Å². The van der Waals surface area contributed by atoms with Gasteiger partial charge in [0.15, 0.2) is 0 Å². The Kier molecular flexibility index (Phi) is 3.54. The van der Waals surface area contributed by atoms with Gasteiger partial charge in [0.25, 0.3) is 0 Å². The van der Waals surface area contributed by atoms with Gasteiger partial charge < -0.3 is 10.5 Å². The van der Waals surface area contributed by atoms with Crippen LogP contribution in [0, 0.1) is 0 Å². The summed E-state index contributed by atoms with van der Waals surface area (Å²) in [5.74, 6) is 0.653. The summed E-state index contributed by atoms with van der Waals surface area (Å²) in [7, 11) is 1.59. The summed E-state index contributed by atoms with van der Waals surface area (Å²) in [5, 5.41) is 2.32. The third-order valence-electron chi connectivity index (χ3n) is 2.43. The minimum Gasteiger partial charge on any atom is -0.495 e. The maximum absolute atomic E-state index is 6.08. The Morgan fingerprint density at radius 1 is 1.47 bits per heavy atom. The van der Waals surface area contributed by atoms with Crippen LogP contribution in [0.4, 0.5) is 5.00 Å². The number of aromatic nitrogens is 1. The lowest BCUT2D eigenvalue weighted by atomic mass is 10.1. The Bertz CT molecular complexity index is 539. The number of ether oxygens (including phenoxy) is 1. The zero-order chi connectivity index (χ0) is 12.4. The number of hydrogen-bond donors (Lipinski definition) is 1. The SMILES string of the molecule is CCc1nc(-c2ccc(OC)c(Cl)c2)c(N)s1. The molecule has 3 nitrogen and oxygen atoms in total. The van der Waals surface area contributed by atoms with Gasteiger partial charge in [-0.3, -0.25) is 0 Å². The van der Waals surface area contributed by atoms with Crippen LogP contribution in [0.3, 0.4) is 0 Å². The van der Waals surface area contributed by atoms with Gasteiger partial charge in [0.1, 0.15) is 16.4 Å². The fourth-order valence-corrected chi connectivity index (χ4v) is 2.60. The maximum Gasteiger partial charge on any atom is 0.137 e. The van der Waals surface area contributed by atoms with Crippen molar-refractivity contribution in [3.8, 4) is 17.0 Å². The summed E-state index contributed by atoms with van der Waals surface area (Å²) < 4.78 is 5.11. The molecule has 0 aliphatic rings. The van der Waals surface area contributed by atoms with Gasteiger partial charge in [-0.2, -0.15) is 0 Å². The van der Waals surface area contributed by atoms with Crippen LogP contribution >= 0.6 is 22.9 Å².